The molecule has 0 bridgehead atoms. The third-order valence-corrected chi connectivity index (χ3v) is 2.57. The highest BCUT2D eigenvalue weighted by Gasteiger charge is 2.02. The van der Waals surface area contributed by atoms with E-state index in [1.54, 1.807) is 26.5 Å². The van der Waals surface area contributed by atoms with Crippen LogP contribution in [0.25, 0.3) is 12.2 Å². The van der Waals surface area contributed by atoms with Crippen LogP contribution < -0.4 is 15.2 Å². The van der Waals surface area contributed by atoms with Crippen molar-refractivity contribution in [2.24, 2.45) is 0 Å². The number of ether oxygens (including phenoxy) is 2. The zero-order chi connectivity index (χ0) is 13.7. The highest BCUT2D eigenvalue weighted by molar-refractivity contribution is 5.72. The van der Waals surface area contributed by atoms with E-state index in [0.29, 0.717) is 0 Å². The first-order valence-electron chi connectivity index (χ1n) is 5.71. The molecule has 0 fully saturated rings. The Morgan fingerprint density at radius 3 is 2.63 bits per heavy atom. The number of benzene rings is 1. The topological polar surface area (TPSA) is 70.3 Å². The van der Waals surface area contributed by atoms with E-state index in [2.05, 4.69) is 9.97 Å². The summed E-state index contributed by atoms with van der Waals surface area (Å²) < 4.78 is 10.5. The Labute approximate surface area is 111 Å². The molecule has 0 unspecified atom stereocenters. The van der Waals surface area contributed by atoms with E-state index >= 15 is 0 Å². The van der Waals surface area contributed by atoms with E-state index in [1.807, 2.05) is 30.4 Å². The standard InChI is InChI=1S/C14H15N3O2/c1-18-12-6-4-10(13(9-12)19-2)3-5-11-7-8-16-14(15)17-11/h3-9H,1-2H3,(H2,15,16,17)/b5-3+. The fraction of sp³-hybridized carbons (Fsp3) is 0.143. The van der Waals surface area contributed by atoms with Gasteiger partial charge in [-0.25, -0.2) is 9.97 Å². The normalized spacial score (nSPS) is 10.6. The van der Waals surface area contributed by atoms with Crippen LogP contribution in [-0.2, 0) is 0 Å². The lowest BCUT2D eigenvalue weighted by Crippen LogP contribution is -1.94. The number of methoxy groups -OCH3 is 2. The largest absolute Gasteiger partial charge is 0.497 e. The SMILES string of the molecule is COc1ccc(/C=C/c2ccnc(N)n2)c(OC)c1. The summed E-state index contributed by atoms with van der Waals surface area (Å²) in [5.74, 6) is 1.74. The molecule has 19 heavy (non-hydrogen) atoms. The number of hydrogen-bond acceptors (Lipinski definition) is 5. The smallest absolute Gasteiger partial charge is 0.220 e. The number of rotatable bonds is 4. The van der Waals surface area contributed by atoms with Crippen molar-refractivity contribution in [2.45, 2.75) is 0 Å². The lowest BCUT2D eigenvalue weighted by Gasteiger charge is -2.07. The minimum atomic E-state index is 0.254. The Bertz CT molecular complexity index is 597. The Balaban J connectivity index is 2.27. The van der Waals surface area contributed by atoms with Gasteiger partial charge in [0.2, 0.25) is 5.95 Å². The maximum absolute atomic E-state index is 5.52. The van der Waals surface area contributed by atoms with Gasteiger partial charge in [0.05, 0.1) is 19.9 Å². The first kappa shape index (κ1) is 12.9. The first-order chi connectivity index (χ1) is 9.22. The molecule has 0 amide bonds. The summed E-state index contributed by atoms with van der Waals surface area (Å²) in [6.07, 6.45) is 5.37. The van der Waals surface area contributed by atoms with E-state index in [0.717, 1.165) is 22.8 Å². The Morgan fingerprint density at radius 2 is 1.95 bits per heavy atom. The van der Waals surface area contributed by atoms with Gasteiger partial charge in [-0.2, -0.15) is 0 Å². The third kappa shape index (κ3) is 3.22. The van der Waals surface area contributed by atoms with Crippen LogP contribution >= 0.6 is 0 Å². The van der Waals surface area contributed by atoms with E-state index in [4.69, 9.17) is 15.2 Å². The van der Waals surface area contributed by atoms with Crippen molar-refractivity contribution >= 4 is 18.1 Å². The fourth-order valence-electron chi connectivity index (χ4n) is 1.61. The zero-order valence-electron chi connectivity index (χ0n) is 10.8. The summed E-state index contributed by atoms with van der Waals surface area (Å²) in [5.41, 5.74) is 7.20. The summed E-state index contributed by atoms with van der Waals surface area (Å²) in [4.78, 5) is 7.93. The molecule has 5 nitrogen and oxygen atoms in total. The summed E-state index contributed by atoms with van der Waals surface area (Å²) in [7, 11) is 3.24. The predicted molar refractivity (Wildman–Crippen MR) is 74.9 cm³/mol. The summed E-state index contributed by atoms with van der Waals surface area (Å²) in [6.45, 7) is 0. The molecule has 1 aromatic carbocycles. The van der Waals surface area contributed by atoms with Crippen molar-refractivity contribution < 1.29 is 9.47 Å². The van der Waals surface area contributed by atoms with Gasteiger partial charge in [0, 0.05) is 17.8 Å². The molecule has 0 aliphatic heterocycles. The van der Waals surface area contributed by atoms with Gasteiger partial charge >= 0.3 is 0 Å². The molecule has 2 aromatic rings. The second-order valence-electron chi connectivity index (χ2n) is 3.78. The molecular weight excluding hydrogens is 242 g/mol. The molecule has 1 heterocycles. The van der Waals surface area contributed by atoms with Crippen molar-refractivity contribution in [3.63, 3.8) is 0 Å². The number of nitrogen functional groups attached to an aromatic ring is 1. The van der Waals surface area contributed by atoms with Crippen molar-refractivity contribution in [1.82, 2.24) is 9.97 Å². The molecule has 0 aliphatic rings. The molecule has 0 atom stereocenters. The van der Waals surface area contributed by atoms with Crippen LogP contribution in [0.3, 0.4) is 0 Å². The average molecular weight is 257 g/mol. The van der Waals surface area contributed by atoms with Crippen LogP contribution in [0.1, 0.15) is 11.3 Å². The maximum atomic E-state index is 5.52. The quantitative estimate of drug-likeness (QED) is 0.909. The number of anilines is 1. The highest BCUT2D eigenvalue weighted by atomic mass is 16.5. The minimum absolute atomic E-state index is 0.254. The fourth-order valence-corrected chi connectivity index (χ4v) is 1.61. The molecule has 5 heteroatoms. The van der Waals surface area contributed by atoms with Crippen LogP contribution in [0.5, 0.6) is 11.5 Å². The van der Waals surface area contributed by atoms with Gasteiger partial charge in [-0.05, 0) is 30.4 Å². The Kier molecular flexibility index (Phi) is 3.97. The van der Waals surface area contributed by atoms with Crippen molar-refractivity contribution in [2.75, 3.05) is 20.0 Å². The van der Waals surface area contributed by atoms with E-state index in [-0.39, 0.29) is 5.95 Å². The van der Waals surface area contributed by atoms with Crippen LogP contribution in [0.4, 0.5) is 5.95 Å². The van der Waals surface area contributed by atoms with Crippen LogP contribution in [0.15, 0.2) is 30.5 Å². The molecule has 0 saturated carbocycles. The third-order valence-electron chi connectivity index (χ3n) is 2.57. The lowest BCUT2D eigenvalue weighted by atomic mass is 10.1. The lowest BCUT2D eigenvalue weighted by molar-refractivity contribution is 0.394. The highest BCUT2D eigenvalue weighted by Crippen LogP contribution is 2.26. The van der Waals surface area contributed by atoms with Gasteiger partial charge in [-0.15, -0.1) is 0 Å². The average Bonchev–Trinajstić information content (AvgIpc) is 2.45. The van der Waals surface area contributed by atoms with Gasteiger partial charge < -0.3 is 15.2 Å². The molecule has 0 aliphatic carbocycles. The van der Waals surface area contributed by atoms with Gasteiger partial charge in [-0.3, -0.25) is 0 Å². The number of hydrogen-bond donors (Lipinski definition) is 1. The predicted octanol–water partition coefficient (Wildman–Crippen LogP) is 2.25. The number of nitrogens with zero attached hydrogens (tertiary/aromatic N) is 2. The van der Waals surface area contributed by atoms with Gasteiger partial charge in [0.15, 0.2) is 0 Å². The number of nitrogens with two attached hydrogens (primary N) is 1. The Morgan fingerprint density at radius 1 is 1.11 bits per heavy atom. The van der Waals surface area contributed by atoms with E-state index in [1.165, 1.54) is 0 Å². The summed E-state index contributed by atoms with van der Waals surface area (Å²) in [5, 5.41) is 0. The zero-order valence-corrected chi connectivity index (χ0v) is 10.8. The van der Waals surface area contributed by atoms with Gasteiger partial charge in [0.1, 0.15) is 11.5 Å². The minimum Gasteiger partial charge on any atom is -0.497 e. The first-order valence-corrected chi connectivity index (χ1v) is 5.71. The maximum Gasteiger partial charge on any atom is 0.220 e. The van der Waals surface area contributed by atoms with Crippen LogP contribution in [0, 0.1) is 0 Å². The summed E-state index contributed by atoms with van der Waals surface area (Å²) >= 11 is 0. The molecule has 98 valence electrons. The molecular formula is C14H15N3O2. The van der Waals surface area contributed by atoms with Crippen molar-refractivity contribution in [1.29, 1.82) is 0 Å². The molecule has 1 aromatic heterocycles. The monoisotopic (exact) mass is 257 g/mol. The number of aromatic nitrogens is 2. The Hall–Kier alpha value is -2.56. The van der Waals surface area contributed by atoms with Gasteiger partial charge in [-0.1, -0.05) is 0 Å². The molecule has 0 radical (unpaired) electrons. The molecule has 2 rings (SSSR count). The van der Waals surface area contributed by atoms with E-state index in [9.17, 15) is 0 Å². The van der Waals surface area contributed by atoms with Gasteiger partial charge in [0.25, 0.3) is 0 Å². The molecule has 2 N–H and O–H groups in total. The van der Waals surface area contributed by atoms with E-state index < -0.39 is 0 Å². The second-order valence-corrected chi connectivity index (χ2v) is 3.78. The van der Waals surface area contributed by atoms with Crippen molar-refractivity contribution in [3.05, 3.63) is 41.7 Å². The molecule has 0 spiro atoms. The van der Waals surface area contributed by atoms with Crippen LogP contribution in [0.2, 0.25) is 0 Å². The van der Waals surface area contributed by atoms with Crippen LogP contribution in [-0.4, -0.2) is 24.2 Å². The van der Waals surface area contributed by atoms with Crippen molar-refractivity contribution in [3.8, 4) is 11.5 Å². The second kappa shape index (κ2) is 5.86. The summed E-state index contributed by atoms with van der Waals surface area (Å²) in [6, 6.07) is 7.39. The molecule has 0 saturated heterocycles.